The second kappa shape index (κ2) is 6.75. The molecule has 1 saturated carbocycles. The van der Waals surface area contributed by atoms with E-state index in [9.17, 15) is 4.39 Å². The van der Waals surface area contributed by atoms with Crippen LogP contribution in [0.5, 0.6) is 0 Å². The van der Waals surface area contributed by atoms with E-state index in [0.717, 1.165) is 18.5 Å². The highest BCUT2D eigenvalue weighted by atomic mass is 19.1. The number of anilines is 1. The molecule has 0 spiro atoms. The third-order valence-corrected chi connectivity index (χ3v) is 5.20. The Morgan fingerprint density at radius 3 is 2.75 bits per heavy atom. The van der Waals surface area contributed by atoms with Crippen LogP contribution in [0.4, 0.5) is 10.3 Å². The minimum absolute atomic E-state index is 0.0684. The van der Waals surface area contributed by atoms with Crippen molar-refractivity contribution in [1.82, 2.24) is 24.7 Å². The fourth-order valence-electron chi connectivity index (χ4n) is 3.93. The van der Waals surface area contributed by atoms with Gasteiger partial charge in [-0.2, -0.15) is 5.10 Å². The number of hydrogen-bond acceptors (Lipinski definition) is 7. The Bertz CT molecular complexity index is 1030. The fourth-order valence-corrected chi connectivity index (χ4v) is 3.93. The zero-order valence-electron chi connectivity index (χ0n) is 16.3. The number of nitrogens with one attached hydrogen (secondary N) is 1. The van der Waals surface area contributed by atoms with Crippen LogP contribution >= 0.6 is 0 Å². The Hall–Kier alpha value is -2.65. The molecule has 28 heavy (non-hydrogen) atoms. The van der Waals surface area contributed by atoms with Gasteiger partial charge in [-0.25, -0.2) is 19.3 Å². The van der Waals surface area contributed by atoms with Crippen molar-refractivity contribution < 1.29 is 4.39 Å². The molecule has 9 heteroatoms. The summed E-state index contributed by atoms with van der Waals surface area (Å²) in [7, 11) is 1.80. The van der Waals surface area contributed by atoms with Gasteiger partial charge in [0.1, 0.15) is 11.0 Å². The van der Waals surface area contributed by atoms with Crippen molar-refractivity contribution in [3.05, 3.63) is 29.8 Å². The Balaban J connectivity index is 1.73. The summed E-state index contributed by atoms with van der Waals surface area (Å²) in [5.41, 5.74) is 14.4. The predicted octanol–water partition coefficient (Wildman–Crippen LogP) is 2.27. The van der Waals surface area contributed by atoms with Crippen molar-refractivity contribution in [3.63, 3.8) is 0 Å². The molecule has 0 aromatic carbocycles. The Kier molecular flexibility index (Phi) is 4.51. The molecule has 1 aliphatic rings. The van der Waals surface area contributed by atoms with Gasteiger partial charge in [-0.15, -0.1) is 0 Å². The largest absolute Gasteiger partial charge is 0.336 e. The van der Waals surface area contributed by atoms with Crippen molar-refractivity contribution in [2.45, 2.75) is 50.7 Å². The zero-order valence-corrected chi connectivity index (χ0v) is 16.3. The summed E-state index contributed by atoms with van der Waals surface area (Å²) in [6.45, 7) is 4.06. The molecule has 8 nitrogen and oxygen atoms in total. The third-order valence-electron chi connectivity index (χ3n) is 5.20. The fraction of sp³-hybridized carbons (Fsp3) is 0.474. The molecule has 3 aromatic rings. The third kappa shape index (κ3) is 3.31. The van der Waals surface area contributed by atoms with Gasteiger partial charge in [0.15, 0.2) is 5.82 Å². The lowest BCUT2D eigenvalue weighted by Crippen LogP contribution is -2.46. The van der Waals surface area contributed by atoms with Gasteiger partial charge in [-0.3, -0.25) is 4.68 Å². The molecule has 0 radical (unpaired) electrons. The quantitative estimate of drug-likeness (QED) is 0.590. The Labute approximate surface area is 162 Å². The van der Waals surface area contributed by atoms with Gasteiger partial charge >= 0.3 is 0 Å². The van der Waals surface area contributed by atoms with E-state index in [1.165, 1.54) is 6.07 Å². The molecule has 0 saturated heterocycles. The number of hydrogen-bond donors (Lipinski definition) is 3. The van der Waals surface area contributed by atoms with Crippen LogP contribution in [-0.4, -0.2) is 36.4 Å². The molecule has 0 bridgehead atoms. The van der Waals surface area contributed by atoms with Crippen molar-refractivity contribution in [3.8, 4) is 11.4 Å². The van der Waals surface area contributed by atoms with Gasteiger partial charge in [0, 0.05) is 25.4 Å². The van der Waals surface area contributed by atoms with Gasteiger partial charge in [0.25, 0.3) is 0 Å². The van der Waals surface area contributed by atoms with E-state index in [2.05, 4.69) is 25.4 Å². The Morgan fingerprint density at radius 1 is 1.29 bits per heavy atom. The molecule has 4 rings (SSSR count). The van der Waals surface area contributed by atoms with E-state index < -0.39 is 11.5 Å². The standard InChI is InChI=1S/C19H25FN8/c1-10(2)17-16-15(27-28(17)3)12(20)8-14(24-16)13-5-7-23-18(25-13)26-19(22)6-4-11(21)9-19/h5,7-8,10-11H,4,6,9,21-22H2,1-3H3,(H,23,25,26)/t11-,19-/m0/s1. The lowest BCUT2D eigenvalue weighted by atomic mass is 10.1. The van der Waals surface area contributed by atoms with E-state index in [1.807, 2.05) is 13.8 Å². The first-order chi connectivity index (χ1) is 13.3. The number of nitrogens with two attached hydrogens (primary N) is 2. The molecule has 148 valence electrons. The average Bonchev–Trinajstić information content (AvgIpc) is 3.14. The van der Waals surface area contributed by atoms with Crippen LogP contribution in [0.2, 0.25) is 0 Å². The number of aromatic nitrogens is 5. The molecular formula is C19H25FN8. The summed E-state index contributed by atoms with van der Waals surface area (Å²) in [6, 6.07) is 3.13. The summed E-state index contributed by atoms with van der Waals surface area (Å²) in [6.07, 6.45) is 3.85. The minimum Gasteiger partial charge on any atom is -0.336 e. The number of halogens is 1. The first kappa shape index (κ1) is 18.7. The molecule has 2 atom stereocenters. The second-order valence-electron chi connectivity index (χ2n) is 7.90. The minimum atomic E-state index is -0.630. The van der Waals surface area contributed by atoms with Crippen LogP contribution in [0.15, 0.2) is 18.3 Å². The van der Waals surface area contributed by atoms with Gasteiger partial charge in [0.05, 0.1) is 22.7 Å². The lowest BCUT2D eigenvalue weighted by molar-refractivity contribution is 0.490. The summed E-state index contributed by atoms with van der Waals surface area (Å²) >= 11 is 0. The molecule has 0 unspecified atom stereocenters. The summed E-state index contributed by atoms with van der Waals surface area (Å²) in [4.78, 5) is 13.4. The van der Waals surface area contributed by atoms with E-state index in [-0.39, 0.29) is 17.5 Å². The number of nitrogens with zero attached hydrogens (tertiary/aromatic N) is 5. The van der Waals surface area contributed by atoms with Crippen LogP contribution in [0.25, 0.3) is 22.4 Å². The molecule has 0 amide bonds. The molecule has 3 heterocycles. The number of aryl methyl sites for hydroxylation is 1. The van der Waals surface area contributed by atoms with Crippen molar-refractivity contribution in [2.24, 2.45) is 18.5 Å². The van der Waals surface area contributed by atoms with Crippen LogP contribution in [0, 0.1) is 5.82 Å². The van der Waals surface area contributed by atoms with E-state index in [1.54, 1.807) is 24.0 Å². The molecule has 5 N–H and O–H groups in total. The molecule has 1 aliphatic carbocycles. The number of pyridine rings is 1. The maximum atomic E-state index is 14.7. The molecular weight excluding hydrogens is 359 g/mol. The monoisotopic (exact) mass is 384 g/mol. The lowest BCUT2D eigenvalue weighted by Gasteiger charge is -2.25. The van der Waals surface area contributed by atoms with E-state index in [0.29, 0.717) is 29.3 Å². The van der Waals surface area contributed by atoms with Crippen LogP contribution in [0.3, 0.4) is 0 Å². The predicted molar refractivity (Wildman–Crippen MR) is 106 cm³/mol. The maximum absolute atomic E-state index is 14.7. The van der Waals surface area contributed by atoms with Gasteiger partial charge in [-0.05, 0) is 31.2 Å². The van der Waals surface area contributed by atoms with Crippen LogP contribution < -0.4 is 16.8 Å². The summed E-state index contributed by atoms with van der Waals surface area (Å²) in [5.74, 6) is 0.114. The Morgan fingerprint density at radius 2 is 2.07 bits per heavy atom. The molecule has 0 aliphatic heterocycles. The highest BCUT2D eigenvalue weighted by Gasteiger charge is 2.34. The van der Waals surface area contributed by atoms with Gasteiger partial charge in [-0.1, -0.05) is 13.8 Å². The smallest absolute Gasteiger partial charge is 0.224 e. The molecule has 3 aromatic heterocycles. The van der Waals surface area contributed by atoms with Crippen molar-refractivity contribution in [2.75, 3.05) is 5.32 Å². The van der Waals surface area contributed by atoms with Crippen LogP contribution in [0.1, 0.15) is 44.7 Å². The topological polar surface area (TPSA) is 121 Å². The summed E-state index contributed by atoms with van der Waals surface area (Å²) in [5, 5.41) is 7.46. The van der Waals surface area contributed by atoms with Crippen molar-refractivity contribution >= 4 is 17.0 Å². The maximum Gasteiger partial charge on any atom is 0.224 e. The number of rotatable bonds is 4. The van der Waals surface area contributed by atoms with Gasteiger partial charge < -0.3 is 16.8 Å². The highest BCUT2D eigenvalue weighted by Crippen LogP contribution is 2.30. The van der Waals surface area contributed by atoms with Gasteiger partial charge in [0.2, 0.25) is 5.95 Å². The van der Waals surface area contributed by atoms with Crippen LogP contribution in [-0.2, 0) is 7.05 Å². The first-order valence-corrected chi connectivity index (χ1v) is 9.45. The average molecular weight is 384 g/mol. The second-order valence-corrected chi connectivity index (χ2v) is 7.90. The highest BCUT2D eigenvalue weighted by molar-refractivity contribution is 5.81. The number of fused-ring (bicyclic) bond motifs is 1. The molecule has 1 fully saturated rings. The zero-order chi connectivity index (χ0) is 20.1. The summed E-state index contributed by atoms with van der Waals surface area (Å²) < 4.78 is 16.4. The van der Waals surface area contributed by atoms with E-state index >= 15 is 0 Å². The normalized spacial score (nSPS) is 22.3. The van der Waals surface area contributed by atoms with Crippen molar-refractivity contribution in [1.29, 1.82) is 0 Å². The van der Waals surface area contributed by atoms with E-state index in [4.69, 9.17) is 11.5 Å². The first-order valence-electron chi connectivity index (χ1n) is 9.45. The SMILES string of the molecule is CC(C)c1c2nc(-c3ccnc(N[C@@]4(N)CC[C@H](N)C4)n3)cc(F)c2nn1C.